The SMILES string of the molecule is CC(C)=O.CCC.CCC.CCC1CC[C@@H]2C3C(CCC12C)C1(C)CC[C@@H](O)C[C@H]1C[C@H]3O.CN(C)C(=O)OC(C)(C)C. The summed E-state index contributed by atoms with van der Waals surface area (Å²) in [5.41, 5.74) is 0.463. The number of carbonyl (C=O) groups is 2. The van der Waals surface area contributed by atoms with Crippen LogP contribution in [-0.2, 0) is 9.53 Å². The van der Waals surface area contributed by atoms with Crippen LogP contribution in [0.4, 0.5) is 4.79 Å². The van der Waals surface area contributed by atoms with Gasteiger partial charge in [-0.05, 0) is 126 Å². The standard InChI is InChI=1S/C21H36O2.C7H15NO2.C3H6O.2C3H8/c1-4-13-5-6-16-19-17(8-10-20(13,16)2)21(3)9-7-15(22)11-14(21)12-18(19)23;1-7(2,3)10-6(9)8(4)5;1-3(2)4;2*1-3-2/h13-19,22-23H,4-12H2,1-3H3;1-5H3;1-2H3;2*3H2,1-2H3/t13?,14-,15+,16+,17?,18+,19?,20?,21?;;;;/m0..../s1. The lowest BCUT2D eigenvalue weighted by Gasteiger charge is -2.62. The lowest BCUT2D eigenvalue weighted by molar-refractivity contribution is -0.172. The van der Waals surface area contributed by atoms with Crippen molar-refractivity contribution in [2.75, 3.05) is 14.1 Å². The molecule has 1 amide bonds. The van der Waals surface area contributed by atoms with Gasteiger partial charge in [-0.1, -0.05) is 67.7 Å². The minimum absolute atomic E-state index is 0.122. The molecule has 6 heteroatoms. The first kappa shape index (κ1) is 41.9. The minimum Gasteiger partial charge on any atom is -0.444 e. The Kier molecular flexibility index (Phi) is 18.2. The highest BCUT2D eigenvalue weighted by Crippen LogP contribution is 2.67. The Hall–Kier alpha value is -1.14. The molecule has 4 aliphatic rings. The molecule has 0 saturated heterocycles. The first-order chi connectivity index (χ1) is 19.8. The average molecular weight is 612 g/mol. The molecule has 0 spiro atoms. The van der Waals surface area contributed by atoms with Crippen molar-refractivity contribution in [1.29, 1.82) is 0 Å². The monoisotopic (exact) mass is 612 g/mol. The van der Waals surface area contributed by atoms with Gasteiger partial charge in [0.1, 0.15) is 11.4 Å². The van der Waals surface area contributed by atoms with E-state index >= 15 is 0 Å². The smallest absolute Gasteiger partial charge is 0.409 e. The summed E-state index contributed by atoms with van der Waals surface area (Å²) in [7, 11) is 3.32. The molecular formula is C37H73NO5. The number of aliphatic hydroxyl groups is 2. The van der Waals surface area contributed by atoms with Gasteiger partial charge in [0.2, 0.25) is 0 Å². The fourth-order valence-electron chi connectivity index (χ4n) is 8.33. The van der Waals surface area contributed by atoms with Gasteiger partial charge in [0.05, 0.1) is 12.2 Å². The Morgan fingerprint density at radius 3 is 1.70 bits per heavy atom. The van der Waals surface area contributed by atoms with Gasteiger partial charge in [-0.25, -0.2) is 4.79 Å². The Morgan fingerprint density at radius 1 is 0.814 bits per heavy atom. The topological polar surface area (TPSA) is 87.1 Å². The van der Waals surface area contributed by atoms with E-state index in [1.807, 2.05) is 20.8 Å². The van der Waals surface area contributed by atoms with E-state index in [1.54, 1.807) is 14.1 Å². The first-order valence-corrected chi connectivity index (χ1v) is 17.5. The molecule has 0 aliphatic heterocycles. The van der Waals surface area contributed by atoms with Crippen LogP contribution >= 0.6 is 0 Å². The molecule has 4 rings (SSSR count). The highest BCUT2D eigenvalue weighted by molar-refractivity contribution is 5.72. The van der Waals surface area contributed by atoms with E-state index in [1.165, 1.54) is 70.1 Å². The molecule has 0 heterocycles. The van der Waals surface area contributed by atoms with Crippen molar-refractivity contribution < 1.29 is 24.5 Å². The van der Waals surface area contributed by atoms with Crippen molar-refractivity contribution in [3.8, 4) is 0 Å². The predicted molar refractivity (Wildman–Crippen MR) is 181 cm³/mol. The van der Waals surface area contributed by atoms with Gasteiger partial charge in [-0.15, -0.1) is 0 Å². The number of fused-ring (bicyclic) bond motifs is 5. The van der Waals surface area contributed by atoms with E-state index in [9.17, 15) is 19.8 Å². The first-order valence-electron chi connectivity index (χ1n) is 17.5. The van der Waals surface area contributed by atoms with Crippen LogP contribution in [0.15, 0.2) is 0 Å². The van der Waals surface area contributed by atoms with Gasteiger partial charge >= 0.3 is 6.09 Å². The maximum absolute atomic E-state index is 11.1. The second kappa shape index (κ2) is 18.7. The highest BCUT2D eigenvalue weighted by Gasteiger charge is 2.62. The van der Waals surface area contributed by atoms with E-state index in [-0.39, 0.29) is 29.7 Å². The third kappa shape index (κ3) is 12.3. The second-order valence-electron chi connectivity index (χ2n) is 15.6. The number of Topliss-reactive ketones (excluding diaryl/α,β-unsaturated/α-hetero) is 1. The number of rotatable bonds is 1. The second-order valence-corrected chi connectivity index (χ2v) is 15.6. The normalized spacial score (nSPS) is 35.6. The number of carbonyl (C=O) groups excluding carboxylic acids is 2. The molecule has 0 bridgehead atoms. The van der Waals surface area contributed by atoms with Gasteiger partial charge in [-0.3, -0.25) is 0 Å². The van der Waals surface area contributed by atoms with Gasteiger partial charge in [0, 0.05) is 14.1 Å². The van der Waals surface area contributed by atoms with E-state index in [0.717, 1.165) is 31.1 Å². The van der Waals surface area contributed by atoms with Gasteiger partial charge in [-0.2, -0.15) is 0 Å². The van der Waals surface area contributed by atoms with Crippen LogP contribution in [-0.4, -0.2) is 58.9 Å². The Morgan fingerprint density at radius 2 is 1.28 bits per heavy atom. The van der Waals surface area contributed by atoms with E-state index < -0.39 is 0 Å². The zero-order valence-electron chi connectivity index (χ0n) is 30.9. The summed E-state index contributed by atoms with van der Waals surface area (Å²) in [6.45, 7) is 24.5. The van der Waals surface area contributed by atoms with Gasteiger partial charge < -0.3 is 24.6 Å². The molecule has 4 saturated carbocycles. The lowest BCUT2D eigenvalue weighted by Crippen LogP contribution is -2.58. The molecular weight excluding hydrogens is 538 g/mol. The average Bonchev–Trinajstić information content (AvgIpc) is 3.21. The van der Waals surface area contributed by atoms with Crippen molar-refractivity contribution in [3.63, 3.8) is 0 Å². The third-order valence-corrected chi connectivity index (χ3v) is 10.1. The van der Waals surface area contributed by atoms with Gasteiger partial charge in [0.15, 0.2) is 0 Å². The molecule has 0 aromatic rings. The summed E-state index contributed by atoms with van der Waals surface area (Å²) in [5, 5.41) is 21.2. The zero-order chi connectivity index (χ0) is 33.8. The van der Waals surface area contributed by atoms with Crippen LogP contribution < -0.4 is 0 Å². The number of ketones is 1. The summed E-state index contributed by atoms with van der Waals surface area (Å²) in [6.07, 6.45) is 12.7. The Labute approximate surface area is 267 Å². The molecule has 4 aliphatic carbocycles. The van der Waals surface area contributed by atoms with E-state index in [4.69, 9.17) is 4.74 Å². The largest absolute Gasteiger partial charge is 0.444 e. The summed E-state index contributed by atoms with van der Waals surface area (Å²) in [6, 6.07) is 0. The maximum Gasteiger partial charge on any atom is 0.409 e. The number of ether oxygens (including phenoxy) is 1. The Balaban J connectivity index is 0.000000735. The van der Waals surface area contributed by atoms with Crippen LogP contribution in [0.1, 0.15) is 154 Å². The van der Waals surface area contributed by atoms with Crippen molar-refractivity contribution in [3.05, 3.63) is 0 Å². The predicted octanol–water partition coefficient (Wildman–Crippen LogP) is 9.30. The summed E-state index contributed by atoms with van der Waals surface area (Å²) in [4.78, 5) is 21.7. The molecule has 6 nitrogen and oxygen atoms in total. The molecule has 2 N–H and O–H groups in total. The maximum atomic E-state index is 11.1. The van der Waals surface area contributed by atoms with Crippen LogP contribution in [0.3, 0.4) is 0 Å². The number of hydrogen-bond acceptors (Lipinski definition) is 5. The van der Waals surface area contributed by atoms with E-state index in [0.29, 0.717) is 28.6 Å². The molecule has 43 heavy (non-hydrogen) atoms. The highest BCUT2D eigenvalue weighted by atomic mass is 16.6. The van der Waals surface area contributed by atoms with Crippen LogP contribution in [0.5, 0.6) is 0 Å². The minimum atomic E-state index is -0.388. The molecule has 9 atom stereocenters. The van der Waals surface area contributed by atoms with Crippen molar-refractivity contribution in [2.45, 2.75) is 172 Å². The van der Waals surface area contributed by atoms with Crippen molar-refractivity contribution in [2.24, 2.45) is 40.4 Å². The van der Waals surface area contributed by atoms with Crippen LogP contribution in [0.25, 0.3) is 0 Å². The lowest BCUT2D eigenvalue weighted by atomic mass is 9.44. The third-order valence-electron chi connectivity index (χ3n) is 10.1. The number of amides is 1. The van der Waals surface area contributed by atoms with Crippen LogP contribution in [0.2, 0.25) is 0 Å². The summed E-state index contributed by atoms with van der Waals surface area (Å²) >= 11 is 0. The van der Waals surface area contributed by atoms with Crippen molar-refractivity contribution in [1.82, 2.24) is 4.90 Å². The number of nitrogens with zero attached hydrogens (tertiary/aromatic N) is 1. The van der Waals surface area contributed by atoms with Gasteiger partial charge in [0.25, 0.3) is 0 Å². The molecule has 5 unspecified atom stereocenters. The molecule has 0 aromatic heterocycles. The quantitative estimate of drug-likeness (QED) is 0.308. The Bertz CT molecular complexity index is 801. The van der Waals surface area contributed by atoms with Crippen LogP contribution in [0, 0.1) is 40.4 Å². The van der Waals surface area contributed by atoms with Crippen molar-refractivity contribution >= 4 is 11.9 Å². The zero-order valence-corrected chi connectivity index (χ0v) is 30.9. The summed E-state index contributed by atoms with van der Waals surface area (Å²) < 4.78 is 4.99. The fraction of sp³-hybridized carbons (Fsp3) is 0.946. The summed E-state index contributed by atoms with van der Waals surface area (Å²) in [5.74, 6) is 3.54. The number of hydrogen-bond donors (Lipinski definition) is 2. The molecule has 4 fully saturated rings. The molecule has 0 aromatic carbocycles. The molecule has 256 valence electrons. The number of aliphatic hydroxyl groups excluding tert-OH is 2. The molecule has 0 radical (unpaired) electrons. The fourth-order valence-corrected chi connectivity index (χ4v) is 8.33. The van der Waals surface area contributed by atoms with E-state index in [2.05, 4.69) is 48.5 Å².